The largest absolute Gasteiger partial charge is 0.497 e. The maximum Gasteiger partial charge on any atom is 0.277 e. The molecule has 0 aliphatic carbocycles. The second kappa shape index (κ2) is 8.33. The smallest absolute Gasteiger partial charge is 0.277 e. The van der Waals surface area contributed by atoms with E-state index in [4.69, 9.17) is 4.74 Å². The summed E-state index contributed by atoms with van der Waals surface area (Å²) in [6.07, 6.45) is 0.724. The molecule has 156 valence electrons. The minimum absolute atomic E-state index is 0.150. The molecule has 2 N–H and O–H groups in total. The lowest BCUT2D eigenvalue weighted by Crippen LogP contribution is -2.38. The summed E-state index contributed by atoms with van der Waals surface area (Å²) in [5.74, 6) is 0.224. The first kappa shape index (κ1) is 20.2. The molecule has 0 unspecified atom stereocenters. The summed E-state index contributed by atoms with van der Waals surface area (Å²) in [5, 5.41) is 3.30. The van der Waals surface area contributed by atoms with Crippen molar-refractivity contribution >= 4 is 21.4 Å². The maximum absolute atomic E-state index is 13.2. The number of sulfonamides is 1. The van der Waals surface area contributed by atoms with Crippen LogP contribution in [0.1, 0.15) is 11.1 Å². The van der Waals surface area contributed by atoms with Crippen molar-refractivity contribution in [2.24, 2.45) is 0 Å². The first-order chi connectivity index (χ1) is 14.5. The van der Waals surface area contributed by atoms with E-state index in [0.717, 1.165) is 23.2 Å². The fraction of sp³-hybridized carbons (Fsp3) is 0.182. The highest BCUT2D eigenvalue weighted by molar-refractivity contribution is 7.92. The number of nitrogens with zero attached hydrogens (tertiary/aromatic N) is 1. The van der Waals surface area contributed by atoms with Crippen LogP contribution in [0.4, 0.5) is 15.8 Å². The number of hydrogen-bond acceptors (Lipinski definition) is 5. The summed E-state index contributed by atoms with van der Waals surface area (Å²) in [4.78, 5) is 0.150. The normalized spacial score (nSPS) is 13.2. The quantitative estimate of drug-likeness (QED) is 0.602. The van der Waals surface area contributed by atoms with Crippen LogP contribution >= 0.6 is 0 Å². The van der Waals surface area contributed by atoms with Gasteiger partial charge in [0.1, 0.15) is 11.6 Å². The average Bonchev–Trinajstić information content (AvgIpc) is 3.19. The van der Waals surface area contributed by atoms with Crippen LogP contribution in [0.15, 0.2) is 71.6 Å². The molecular formula is C22H22FN3O3S. The Labute approximate surface area is 175 Å². The van der Waals surface area contributed by atoms with E-state index in [-0.39, 0.29) is 10.7 Å². The lowest BCUT2D eigenvalue weighted by Gasteiger charge is -2.20. The molecule has 8 heteroatoms. The summed E-state index contributed by atoms with van der Waals surface area (Å²) >= 11 is 0. The Morgan fingerprint density at radius 2 is 1.90 bits per heavy atom. The molecule has 1 aliphatic rings. The van der Waals surface area contributed by atoms with Crippen molar-refractivity contribution in [2.45, 2.75) is 17.9 Å². The third-order valence-corrected chi connectivity index (χ3v) is 6.61. The van der Waals surface area contributed by atoms with Gasteiger partial charge in [-0.05, 0) is 53.9 Å². The Bertz CT molecular complexity index is 1150. The van der Waals surface area contributed by atoms with Crippen molar-refractivity contribution in [3.05, 3.63) is 83.7 Å². The van der Waals surface area contributed by atoms with Crippen LogP contribution in [-0.2, 0) is 23.0 Å². The van der Waals surface area contributed by atoms with Gasteiger partial charge >= 0.3 is 0 Å². The molecule has 0 radical (unpaired) electrons. The molecule has 0 saturated heterocycles. The minimum Gasteiger partial charge on any atom is -0.497 e. The Morgan fingerprint density at radius 3 is 2.67 bits per heavy atom. The highest BCUT2D eigenvalue weighted by Crippen LogP contribution is 2.33. The van der Waals surface area contributed by atoms with E-state index in [1.807, 2.05) is 18.2 Å². The van der Waals surface area contributed by atoms with Crippen LogP contribution < -0.4 is 19.9 Å². The van der Waals surface area contributed by atoms with Crippen molar-refractivity contribution in [1.29, 1.82) is 0 Å². The number of halogens is 1. The second-order valence-electron chi connectivity index (χ2n) is 6.93. The molecular weight excluding hydrogens is 405 g/mol. The molecule has 3 aromatic carbocycles. The van der Waals surface area contributed by atoms with Gasteiger partial charge in [-0.25, -0.2) is 9.82 Å². The molecule has 1 heterocycles. The Balaban J connectivity index is 1.51. The number of hydrazine groups is 1. The van der Waals surface area contributed by atoms with Gasteiger partial charge in [-0.1, -0.05) is 24.3 Å². The molecule has 0 atom stereocenters. The van der Waals surface area contributed by atoms with Crippen LogP contribution in [0.3, 0.4) is 0 Å². The summed E-state index contributed by atoms with van der Waals surface area (Å²) in [7, 11) is -2.29. The monoisotopic (exact) mass is 427 g/mol. The van der Waals surface area contributed by atoms with E-state index < -0.39 is 10.0 Å². The topological polar surface area (TPSA) is 70.7 Å². The fourth-order valence-corrected chi connectivity index (χ4v) is 4.73. The van der Waals surface area contributed by atoms with Gasteiger partial charge in [0.25, 0.3) is 10.0 Å². The minimum atomic E-state index is -3.79. The number of benzene rings is 3. The predicted molar refractivity (Wildman–Crippen MR) is 115 cm³/mol. The molecule has 1 aliphatic heterocycles. The van der Waals surface area contributed by atoms with Crippen molar-refractivity contribution in [1.82, 2.24) is 5.43 Å². The Morgan fingerprint density at radius 1 is 1.10 bits per heavy atom. The number of rotatable bonds is 7. The number of nitrogens with one attached hydrogen (secondary N) is 2. The summed E-state index contributed by atoms with van der Waals surface area (Å²) in [5.41, 5.74) is 6.27. The maximum atomic E-state index is 13.2. The molecule has 4 rings (SSSR count). The summed E-state index contributed by atoms with van der Waals surface area (Å²) in [6.45, 7) is 1.06. The molecule has 0 bridgehead atoms. The SMILES string of the molecule is COc1cccc(S(=O)(=O)N2NCc3ccc(NCCc4ccc(F)cc4)cc32)c1. The third kappa shape index (κ3) is 4.10. The number of fused-ring (bicyclic) bond motifs is 1. The van der Waals surface area contributed by atoms with E-state index in [1.165, 1.54) is 29.7 Å². The van der Waals surface area contributed by atoms with Gasteiger partial charge in [0.05, 0.1) is 17.7 Å². The van der Waals surface area contributed by atoms with Crippen LogP contribution in [0.5, 0.6) is 5.75 Å². The van der Waals surface area contributed by atoms with Gasteiger partial charge in [-0.15, -0.1) is 0 Å². The molecule has 0 fully saturated rings. The summed E-state index contributed by atoms with van der Waals surface area (Å²) in [6, 6.07) is 18.4. The zero-order valence-electron chi connectivity index (χ0n) is 16.4. The fourth-order valence-electron chi connectivity index (χ4n) is 3.34. The lowest BCUT2D eigenvalue weighted by atomic mass is 10.1. The van der Waals surface area contributed by atoms with Crippen molar-refractivity contribution < 1.29 is 17.5 Å². The number of ether oxygens (including phenoxy) is 1. The third-order valence-electron chi connectivity index (χ3n) is 4.95. The second-order valence-corrected chi connectivity index (χ2v) is 8.72. The molecule has 6 nitrogen and oxygen atoms in total. The standard InChI is InChI=1S/C22H22FN3O3S/c1-29-20-3-2-4-21(14-20)30(27,28)26-22-13-19(10-7-17(22)15-25-26)24-12-11-16-5-8-18(23)9-6-16/h2-10,13-14,24-25H,11-12,15H2,1H3. The van der Waals surface area contributed by atoms with Gasteiger partial charge in [0.2, 0.25) is 0 Å². The molecule has 0 saturated carbocycles. The van der Waals surface area contributed by atoms with E-state index >= 15 is 0 Å². The molecule has 3 aromatic rings. The molecule has 0 aromatic heterocycles. The van der Waals surface area contributed by atoms with Crippen molar-refractivity contribution in [2.75, 3.05) is 23.4 Å². The van der Waals surface area contributed by atoms with Gasteiger partial charge in [-0.3, -0.25) is 0 Å². The first-order valence-corrected chi connectivity index (χ1v) is 11.0. The van der Waals surface area contributed by atoms with Gasteiger partial charge in [-0.2, -0.15) is 12.8 Å². The Kier molecular flexibility index (Phi) is 5.61. The first-order valence-electron chi connectivity index (χ1n) is 9.51. The van der Waals surface area contributed by atoms with Crippen LogP contribution in [-0.4, -0.2) is 22.1 Å². The Hall–Kier alpha value is -3.10. The zero-order chi connectivity index (χ0) is 21.1. The molecule has 30 heavy (non-hydrogen) atoms. The average molecular weight is 428 g/mol. The number of hydrogen-bond donors (Lipinski definition) is 2. The highest BCUT2D eigenvalue weighted by Gasteiger charge is 2.31. The number of anilines is 2. The van der Waals surface area contributed by atoms with E-state index in [1.54, 1.807) is 30.3 Å². The summed E-state index contributed by atoms with van der Waals surface area (Å²) < 4.78 is 45.7. The van der Waals surface area contributed by atoms with Crippen LogP contribution in [0, 0.1) is 5.82 Å². The van der Waals surface area contributed by atoms with Gasteiger partial charge in [0.15, 0.2) is 0 Å². The van der Waals surface area contributed by atoms with E-state index in [0.29, 0.717) is 24.5 Å². The molecule has 0 spiro atoms. The molecule has 0 amide bonds. The van der Waals surface area contributed by atoms with Crippen molar-refractivity contribution in [3.8, 4) is 5.75 Å². The highest BCUT2D eigenvalue weighted by atomic mass is 32.2. The van der Waals surface area contributed by atoms with Crippen LogP contribution in [0.2, 0.25) is 0 Å². The number of methoxy groups -OCH3 is 1. The van der Waals surface area contributed by atoms with Crippen LogP contribution in [0.25, 0.3) is 0 Å². The zero-order valence-corrected chi connectivity index (χ0v) is 17.2. The predicted octanol–water partition coefficient (Wildman–Crippen LogP) is 3.70. The van der Waals surface area contributed by atoms with Gasteiger partial charge < -0.3 is 10.1 Å². The van der Waals surface area contributed by atoms with E-state index in [2.05, 4.69) is 10.7 Å². The van der Waals surface area contributed by atoms with Crippen molar-refractivity contribution in [3.63, 3.8) is 0 Å². The lowest BCUT2D eigenvalue weighted by molar-refractivity contribution is 0.413. The van der Waals surface area contributed by atoms with E-state index in [9.17, 15) is 12.8 Å². The van der Waals surface area contributed by atoms with Gasteiger partial charge in [0, 0.05) is 24.8 Å².